The SMILES string of the molecule is Bc1c(B)c(B)c(-c2nc(-c3ccc4c(c3)oc3ccc(-n5c6ccccc6c6ccccc65)cc34)nc(-c3c(B)c(B)c(-c4c(B)c(B)c(B)c(B)c4B)c(B)c3B)n2)c(B)c1B. The summed E-state index contributed by atoms with van der Waals surface area (Å²) in [6.07, 6.45) is 0. The van der Waals surface area contributed by atoms with Gasteiger partial charge in [-0.15, -0.1) is 32.8 Å². The van der Waals surface area contributed by atoms with Crippen molar-refractivity contribution >= 4 is 230 Å². The fraction of sp³-hybridized carbons (Fsp3) is 0. The quantitative estimate of drug-likeness (QED) is 0.163. The molecular weight excluding hydrogens is 764 g/mol. The topological polar surface area (TPSA) is 56.7 Å². The molecule has 5 nitrogen and oxygen atoms in total. The molecule has 0 aliphatic rings. The molecule has 290 valence electrons. The third-order valence-electron chi connectivity index (χ3n) is 15.5. The Labute approximate surface area is 387 Å². The fourth-order valence-electron chi connectivity index (χ4n) is 10.7. The highest BCUT2D eigenvalue weighted by molar-refractivity contribution is 6.71. The number of hydrogen-bond donors (Lipinski definition) is 0. The number of para-hydroxylation sites is 2. The lowest BCUT2D eigenvalue weighted by atomic mass is 9.56. The van der Waals surface area contributed by atoms with Crippen LogP contribution in [-0.4, -0.2) is 129 Å². The summed E-state index contributed by atoms with van der Waals surface area (Å²) >= 11 is 0. The maximum atomic E-state index is 6.66. The summed E-state index contributed by atoms with van der Waals surface area (Å²) in [5.41, 5.74) is 28.7. The van der Waals surface area contributed by atoms with Gasteiger partial charge in [0, 0.05) is 43.9 Å². The van der Waals surface area contributed by atoms with Gasteiger partial charge in [0.05, 0.1) is 11.0 Å². The number of aromatic nitrogens is 4. The predicted molar refractivity (Wildman–Crippen MR) is 318 cm³/mol. The number of nitrogens with zero attached hydrogens (tertiary/aromatic N) is 4. The third kappa shape index (κ3) is 6.16. The molecule has 0 amide bonds. The lowest BCUT2D eigenvalue weighted by molar-refractivity contribution is 0.669. The number of benzene rings is 7. The van der Waals surface area contributed by atoms with Crippen LogP contribution in [0.3, 0.4) is 0 Å². The van der Waals surface area contributed by atoms with Crippen LogP contribution < -0.4 is 76.5 Å². The van der Waals surface area contributed by atoms with E-state index in [0.717, 1.165) is 44.3 Å². The number of fused-ring (bicyclic) bond motifs is 6. The molecule has 0 radical (unpaired) electrons. The van der Waals surface area contributed by atoms with E-state index >= 15 is 0 Å². The number of furan rings is 1. The molecule has 0 aliphatic heterocycles. The Balaban J connectivity index is 1.18. The minimum atomic E-state index is 0.623. The average Bonchev–Trinajstić information content (AvgIpc) is 3.84. The van der Waals surface area contributed by atoms with Crippen molar-refractivity contribution in [3.05, 3.63) is 84.9 Å². The maximum absolute atomic E-state index is 6.66. The summed E-state index contributed by atoms with van der Waals surface area (Å²) in [6.45, 7) is 0. The maximum Gasteiger partial charge on any atom is 0.164 e. The van der Waals surface area contributed by atoms with Gasteiger partial charge in [0.2, 0.25) is 0 Å². The zero-order chi connectivity index (χ0) is 45.2. The monoisotopic (exact) mass is 808 g/mol. The molecule has 19 heteroatoms. The molecule has 10 rings (SSSR count). The summed E-state index contributed by atoms with van der Waals surface area (Å²) < 4.78 is 9.02. The van der Waals surface area contributed by atoms with E-state index < -0.39 is 0 Å². The number of hydrogen-bond acceptors (Lipinski definition) is 4. The molecule has 0 bridgehead atoms. The van der Waals surface area contributed by atoms with E-state index in [9.17, 15) is 0 Å². The first-order valence-corrected chi connectivity index (χ1v) is 22.6. The molecule has 7 aromatic carbocycles. The highest BCUT2D eigenvalue weighted by Crippen LogP contribution is 2.36. The van der Waals surface area contributed by atoms with E-state index in [-0.39, 0.29) is 0 Å². The average molecular weight is 806 g/mol. The highest BCUT2D eigenvalue weighted by Gasteiger charge is 2.25. The summed E-state index contributed by atoms with van der Waals surface area (Å²) in [5.74, 6) is 2.00. The molecule has 0 fully saturated rings. The van der Waals surface area contributed by atoms with Gasteiger partial charge in [0.15, 0.2) is 17.5 Å². The van der Waals surface area contributed by atoms with Gasteiger partial charge in [-0.1, -0.05) is 86.2 Å². The Morgan fingerprint density at radius 1 is 0.328 bits per heavy atom. The smallest absolute Gasteiger partial charge is 0.164 e. The Morgan fingerprint density at radius 3 is 1.23 bits per heavy atom. The second-order valence-corrected chi connectivity index (χ2v) is 18.4. The van der Waals surface area contributed by atoms with Gasteiger partial charge in [0.25, 0.3) is 0 Å². The first kappa shape index (κ1) is 42.0. The first-order valence-electron chi connectivity index (χ1n) is 22.6. The van der Waals surface area contributed by atoms with E-state index in [4.69, 9.17) is 19.4 Å². The fourth-order valence-corrected chi connectivity index (χ4v) is 10.7. The van der Waals surface area contributed by atoms with E-state index in [0.29, 0.717) is 17.5 Å². The van der Waals surface area contributed by atoms with Crippen molar-refractivity contribution < 1.29 is 4.42 Å². The van der Waals surface area contributed by atoms with E-state index in [1.807, 2.05) is 0 Å². The molecule has 0 saturated carbocycles. The second kappa shape index (κ2) is 15.4. The van der Waals surface area contributed by atoms with Crippen molar-refractivity contribution in [2.75, 3.05) is 0 Å². The zero-order valence-corrected chi connectivity index (χ0v) is 39.8. The molecule has 0 unspecified atom stereocenters. The molecule has 0 atom stereocenters. The summed E-state index contributed by atoms with van der Waals surface area (Å²) in [7, 11) is 31.4. The molecule has 10 aromatic rings. The third-order valence-corrected chi connectivity index (χ3v) is 15.5. The molecule has 0 spiro atoms. The van der Waals surface area contributed by atoms with E-state index in [2.05, 4.69) is 199 Å². The molecule has 0 N–H and O–H groups in total. The normalized spacial score (nSPS) is 11.7. The standard InChI is InChI=1S/C45H42B14N4O/c46-29-25(26-31(48)37(54)41(58)38(55)32(26)49)30(47)34(51)27(33(29)50)44-60-43(61-45(62-44)28-35(52)39(56)42(59)40(57)36(28)53)15-9-11-19-20-14-16(10-12-23(20)64-24(19)13-15)63-21-7-3-1-5-17(21)18-6-2-4-8-22(18)63/h1-14H,46-59H2. The van der Waals surface area contributed by atoms with Crippen molar-refractivity contribution in [3.63, 3.8) is 0 Å². The Hall–Kier alpha value is -5.94. The van der Waals surface area contributed by atoms with Gasteiger partial charge in [-0.25, -0.2) is 15.0 Å². The van der Waals surface area contributed by atoms with Gasteiger partial charge in [-0.2, -0.15) is 0 Å². The van der Waals surface area contributed by atoms with Gasteiger partial charge in [-0.3, -0.25) is 0 Å². The Kier molecular flexibility index (Phi) is 10.1. The van der Waals surface area contributed by atoms with Gasteiger partial charge >= 0.3 is 0 Å². The van der Waals surface area contributed by atoms with Crippen LogP contribution in [0.1, 0.15) is 0 Å². The zero-order valence-electron chi connectivity index (χ0n) is 39.8. The van der Waals surface area contributed by atoms with Crippen LogP contribution in [0.4, 0.5) is 0 Å². The molecule has 3 heterocycles. The number of rotatable bonds is 5. The van der Waals surface area contributed by atoms with Crippen LogP contribution >= 0.6 is 0 Å². The minimum absolute atomic E-state index is 0.623. The first-order chi connectivity index (χ1) is 30.6. The highest BCUT2D eigenvalue weighted by atomic mass is 16.3. The molecule has 0 saturated heterocycles. The summed E-state index contributed by atoms with van der Waals surface area (Å²) in [5, 5.41) is 4.60. The van der Waals surface area contributed by atoms with Gasteiger partial charge in [-0.05, 0) is 53.6 Å². The van der Waals surface area contributed by atoms with Crippen LogP contribution in [0.15, 0.2) is 89.3 Å². The van der Waals surface area contributed by atoms with Gasteiger partial charge < -0.3 is 8.98 Å². The van der Waals surface area contributed by atoms with Crippen LogP contribution in [0.2, 0.25) is 0 Å². The molecule has 0 aliphatic carbocycles. The van der Waals surface area contributed by atoms with Crippen LogP contribution in [0.25, 0.3) is 94.7 Å². The minimum Gasteiger partial charge on any atom is -0.456 e. The molecular formula is C45H42B14N4O. The van der Waals surface area contributed by atoms with Crippen molar-refractivity contribution in [3.8, 4) is 51.0 Å². The van der Waals surface area contributed by atoms with E-state index in [1.54, 1.807) is 0 Å². The van der Waals surface area contributed by atoms with Crippen molar-refractivity contribution in [1.29, 1.82) is 0 Å². The predicted octanol–water partition coefficient (Wildman–Crippen LogP) is -12.8. The second-order valence-electron chi connectivity index (χ2n) is 18.4. The lowest BCUT2D eigenvalue weighted by Gasteiger charge is -2.27. The van der Waals surface area contributed by atoms with Crippen LogP contribution in [-0.2, 0) is 0 Å². The molecule has 64 heavy (non-hydrogen) atoms. The Bertz CT molecular complexity index is 3560. The van der Waals surface area contributed by atoms with Crippen molar-refractivity contribution in [1.82, 2.24) is 19.5 Å². The van der Waals surface area contributed by atoms with Crippen LogP contribution in [0.5, 0.6) is 0 Å². The van der Waals surface area contributed by atoms with Crippen LogP contribution in [0, 0.1) is 0 Å². The van der Waals surface area contributed by atoms with Crippen molar-refractivity contribution in [2.24, 2.45) is 0 Å². The van der Waals surface area contributed by atoms with Gasteiger partial charge in [0.1, 0.15) is 121 Å². The summed E-state index contributed by atoms with van der Waals surface area (Å²) in [4.78, 5) is 16.2. The van der Waals surface area contributed by atoms with Crippen molar-refractivity contribution in [2.45, 2.75) is 0 Å². The lowest BCUT2D eigenvalue weighted by Crippen LogP contribution is -2.57. The van der Waals surface area contributed by atoms with E-state index in [1.165, 1.54) is 109 Å². The largest absolute Gasteiger partial charge is 0.456 e. The molecule has 3 aromatic heterocycles. The Morgan fingerprint density at radius 2 is 0.734 bits per heavy atom. The summed E-state index contributed by atoms with van der Waals surface area (Å²) in [6, 6.07) is 30.2.